The number of phosphoric acid groups is 2. The maximum Gasteiger partial charge on any atom is 0.472 e. The fraction of sp³-hybridized carbons (Fsp3) is 0.941. The summed E-state index contributed by atoms with van der Waals surface area (Å²) in [6.45, 7) is 11.8. The topological polar surface area (TPSA) is 237 Å². The quantitative estimate of drug-likeness (QED) is 0.0222. The predicted octanol–water partition coefficient (Wildman–Crippen LogP) is 19.1. The van der Waals surface area contributed by atoms with E-state index < -0.39 is 97.5 Å². The fourth-order valence-corrected chi connectivity index (χ4v) is 11.8. The average Bonchev–Trinajstić information content (AvgIpc) is 3.68. The van der Waals surface area contributed by atoms with Crippen molar-refractivity contribution in [2.24, 2.45) is 17.8 Å². The molecular formula is C68H132O17P2. The first-order valence-corrected chi connectivity index (χ1v) is 38.3. The number of aliphatic hydroxyl groups excluding tert-OH is 1. The van der Waals surface area contributed by atoms with Crippen molar-refractivity contribution >= 4 is 39.5 Å². The smallest absolute Gasteiger partial charge is 0.462 e. The lowest BCUT2D eigenvalue weighted by Crippen LogP contribution is -2.30. The molecule has 0 aliphatic carbocycles. The molecule has 0 aliphatic rings. The van der Waals surface area contributed by atoms with Gasteiger partial charge in [-0.3, -0.25) is 37.3 Å². The minimum atomic E-state index is -4.95. The largest absolute Gasteiger partial charge is 0.472 e. The van der Waals surface area contributed by atoms with E-state index >= 15 is 0 Å². The predicted molar refractivity (Wildman–Crippen MR) is 349 cm³/mol. The first-order valence-electron chi connectivity index (χ1n) is 35.3. The SMILES string of the molecule is CCCCCCCCCCCCC(=O)OC[C@H](COP(=O)(O)OC[C@H](O)COP(=O)(O)OC[C@@H](COC(=O)CCCCCCCCCCC(C)C)OC(=O)CCCCCCCCCCCCCCC(C)C)OC(=O)CCCCCCCCCCC(C)C. The summed E-state index contributed by atoms with van der Waals surface area (Å²) in [6, 6.07) is 0. The summed E-state index contributed by atoms with van der Waals surface area (Å²) in [5.74, 6) is 0.0904. The van der Waals surface area contributed by atoms with Crippen molar-refractivity contribution < 1.29 is 80.2 Å². The van der Waals surface area contributed by atoms with E-state index in [4.69, 9.17) is 37.0 Å². The number of ether oxygens (including phenoxy) is 4. The van der Waals surface area contributed by atoms with Crippen LogP contribution in [0.2, 0.25) is 0 Å². The molecule has 0 radical (unpaired) electrons. The van der Waals surface area contributed by atoms with Crippen molar-refractivity contribution in [2.75, 3.05) is 39.6 Å². The minimum absolute atomic E-state index is 0.104. The number of hydrogen-bond donors (Lipinski definition) is 3. The van der Waals surface area contributed by atoms with Crippen LogP contribution in [0, 0.1) is 17.8 Å². The summed E-state index contributed by atoms with van der Waals surface area (Å²) in [7, 11) is -9.90. The second-order valence-electron chi connectivity index (χ2n) is 26.0. The molecule has 0 saturated carbocycles. The Bertz CT molecular complexity index is 1720. The van der Waals surface area contributed by atoms with E-state index in [-0.39, 0.29) is 25.7 Å². The van der Waals surface area contributed by atoms with Gasteiger partial charge in [0.2, 0.25) is 0 Å². The van der Waals surface area contributed by atoms with Gasteiger partial charge >= 0.3 is 39.5 Å². The number of phosphoric ester groups is 2. The molecular weight excluding hydrogens is 1150 g/mol. The molecule has 0 aromatic heterocycles. The number of unbranched alkanes of at least 4 members (excludes halogenated alkanes) is 34. The molecule has 5 atom stereocenters. The Morgan fingerprint density at radius 2 is 0.529 bits per heavy atom. The Labute approximate surface area is 530 Å². The van der Waals surface area contributed by atoms with Crippen molar-refractivity contribution in [3.05, 3.63) is 0 Å². The lowest BCUT2D eigenvalue weighted by Gasteiger charge is -2.21. The molecule has 516 valence electrons. The molecule has 3 N–H and O–H groups in total. The van der Waals surface area contributed by atoms with E-state index in [0.29, 0.717) is 25.7 Å². The van der Waals surface area contributed by atoms with Crippen molar-refractivity contribution in [3.63, 3.8) is 0 Å². The average molecular weight is 1280 g/mol. The van der Waals surface area contributed by atoms with Crippen LogP contribution in [-0.2, 0) is 65.4 Å². The van der Waals surface area contributed by atoms with Gasteiger partial charge in [0, 0.05) is 25.7 Å². The van der Waals surface area contributed by atoms with Crippen LogP contribution >= 0.6 is 15.6 Å². The van der Waals surface area contributed by atoms with Crippen LogP contribution in [0.15, 0.2) is 0 Å². The summed E-state index contributed by atoms with van der Waals surface area (Å²) in [5, 5.41) is 10.6. The zero-order valence-electron chi connectivity index (χ0n) is 56.5. The van der Waals surface area contributed by atoms with Gasteiger partial charge in [0.1, 0.15) is 19.3 Å². The molecule has 87 heavy (non-hydrogen) atoms. The number of hydrogen-bond acceptors (Lipinski definition) is 15. The van der Waals surface area contributed by atoms with Crippen LogP contribution in [0.3, 0.4) is 0 Å². The van der Waals surface area contributed by atoms with Gasteiger partial charge in [-0.05, 0) is 43.4 Å². The number of carbonyl (C=O) groups excluding carboxylic acids is 4. The van der Waals surface area contributed by atoms with E-state index in [1.165, 1.54) is 148 Å². The molecule has 0 fully saturated rings. The number of carbonyl (C=O) groups is 4. The van der Waals surface area contributed by atoms with E-state index in [9.17, 15) is 43.2 Å². The molecule has 0 aromatic rings. The van der Waals surface area contributed by atoms with E-state index in [1.54, 1.807) is 0 Å². The molecule has 0 bridgehead atoms. The Kier molecular flexibility index (Phi) is 57.8. The first kappa shape index (κ1) is 85.1. The number of rotatable bonds is 66. The second kappa shape index (κ2) is 59.1. The van der Waals surface area contributed by atoms with Gasteiger partial charge in [0.15, 0.2) is 12.2 Å². The highest BCUT2D eigenvalue weighted by Gasteiger charge is 2.30. The molecule has 0 spiro atoms. The van der Waals surface area contributed by atoms with E-state index in [2.05, 4.69) is 48.5 Å². The maximum atomic E-state index is 13.0. The van der Waals surface area contributed by atoms with Crippen LogP contribution in [0.25, 0.3) is 0 Å². The summed E-state index contributed by atoms with van der Waals surface area (Å²) in [6.07, 6.45) is 41.7. The number of esters is 4. The molecule has 19 heteroatoms. The lowest BCUT2D eigenvalue weighted by molar-refractivity contribution is -0.161. The summed E-state index contributed by atoms with van der Waals surface area (Å²) < 4.78 is 68.2. The fourth-order valence-electron chi connectivity index (χ4n) is 10.2. The Hall–Kier alpha value is -1.94. The van der Waals surface area contributed by atoms with Gasteiger partial charge in [0.05, 0.1) is 26.4 Å². The molecule has 0 rings (SSSR count). The summed E-state index contributed by atoms with van der Waals surface area (Å²) in [4.78, 5) is 72.4. The van der Waals surface area contributed by atoms with Gasteiger partial charge < -0.3 is 33.8 Å². The van der Waals surface area contributed by atoms with Gasteiger partial charge in [0.25, 0.3) is 0 Å². The highest BCUT2D eigenvalue weighted by Crippen LogP contribution is 2.45. The highest BCUT2D eigenvalue weighted by atomic mass is 31.2. The van der Waals surface area contributed by atoms with Crippen LogP contribution in [0.1, 0.15) is 337 Å². The highest BCUT2D eigenvalue weighted by molar-refractivity contribution is 7.47. The zero-order chi connectivity index (χ0) is 64.5. The van der Waals surface area contributed by atoms with Gasteiger partial charge in [-0.2, -0.15) is 0 Å². The van der Waals surface area contributed by atoms with Gasteiger partial charge in [-0.1, -0.05) is 286 Å². The van der Waals surface area contributed by atoms with Crippen molar-refractivity contribution in [3.8, 4) is 0 Å². The molecule has 0 amide bonds. The summed E-state index contributed by atoms with van der Waals surface area (Å²) in [5.41, 5.74) is 0. The molecule has 17 nitrogen and oxygen atoms in total. The maximum absolute atomic E-state index is 13.0. The van der Waals surface area contributed by atoms with Crippen molar-refractivity contribution in [1.29, 1.82) is 0 Å². The molecule has 2 unspecified atom stereocenters. The van der Waals surface area contributed by atoms with Crippen molar-refractivity contribution in [2.45, 2.75) is 356 Å². The normalized spacial score (nSPS) is 14.3. The standard InChI is InChI=1S/C68H132O17P2/c1-8-9-10-11-12-13-19-28-35-42-49-65(70)78-55-64(85-68(73)52-45-38-31-24-22-27-34-41-48-61(6)7)58-83-87(76,77)81-54-62(69)53-80-86(74,75)82-57-63(56-79-66(71)50-43-36-29-23-21-26-33-40-47-60(4)5)84-67(72)51-44-37-30-20-17-15-14-16-18-25-32-39-46-59(2)3/h59-64,69H,8-58H2,1-7H3,(H,74,75)(H,76,77)/t62-,63-,64-/m1/s1. The van der Waals surface area contributed by atoms with E-state index in [1.807, 2.05) is 0 Å². The second-order valence-corrected chi connectivity index (χ2v) is 28.9. The van der Waals surface area contributed by atoms with Crippen LogP contribution in [0.4, 0.5) is 0 Å². The molecule has 0 saturated heterocycles. The third kappa shape index (κ3) is 62.6. The van der Waals surface area contributed by atoms with Crippen LogP contribution in [0.5, 0.6) is 0 Å². The third-order valence-corrected chi connectivity index (χ3v) is 17.5. The lowest BCUT2D eigenvalue weighted by atomic mass is 10.0. The van der Waals surface area contributed by atoms with Crippen LogP contribution in [-0.4, -0.2) is 96.7 Å². The number of aliphatic hydroxyl groups is 1. The molecule has 0 aromatic carbocycles. The Morgan fingerprint density at radius 1 is 0.310 bits per heavy atom. The third-order valence-electron chi connectivity index (χ3n) is 15.6. The Morgan fingerprint density at radius 3 is 0.782 bits per heavy atom. The van der Waals surface area contributed by atoms with Gasteiger partial charge in [-0.15, -0.1) is 0 Å². The minimum Gasteiger partial charge on any atom is -0.462 e. The Balaban J connectivity index is 5.25. The zero-order valence-corrected chi connectivity index (χ0v) is 58.3. The van der Waals surface area contributed by atoms with E-state index in [0.717, 1.165) is 108 Å². The monoisotopic (exact) mass is 1280 g/mol. The molecule has 0 heterocycles. The van der Waals surface area contributed by atoms with Gasteiger partial charge in [-0.25, -0.2) is 9.13 Å². The van der Waals surface area contributed by atoms with Crippen molar-refractivity contribution in [1.82, 2.24) is 0 Å². The molecule has 0 aliphatic heterocycles. The first-order chi connectivity index (χ1) is 41.7. The summed E-state index contributed by atoms with van der Waals surface area (Å²) >= 11 is 0. The van der Waals surface area contributed by atoms with Crippen LogP contribution < -0.4 is 0 Å².